The quantitative estimate of drug-likeness (QED) is 0.0414. The second-order valence-electron chi connectivity index (χ2n) is 17.4. The Hall–Kier alpha value is -7.21. The summed E-state index contributed by atoms with van der Waals surface area (Å²) in [4.78, 5) is 32.8. The number of benzene rings is 7. The minimum Gasteiger partial charge on any atom is -0.497 e. The molecule has 1 fully saturated rings. The minimum absolute atomic E-state index is 0.0526. The van der Waals surface area contributed by atoms with Crippen LogP contribution in [0.2, 0.25) is 6.04 Å². The number of fused-ring (bicyclic) bond motifs is 1. The molecule has 4 atom stereocenters. The SMILES string of the molecule is COc1ccc(C(OC[C@H]2O[C@@H](n3ccc(NC(=O)c4ccccc4)nc3=O)C[C@@H]2OP(=S)(On2nnc3ccccc32)SCC[Si](c2ccccc2)c2ccccc2)(c2ccccc2)c2ccc(OC)cc2)cc1. The van der Waals surface area contributed by atoms with Gasteiger partial charge in [0.25, 0.3) is 5.91 Å². The molecule has 10 rings (SSSR count). The van der Waals surface area contributed by atoms with Crippen LogP contribution in [0.5, 0.6) is 11.5 Å². The second-order valence-corrected chi connectivity index (χ2v) is 26.3. The molecule has 1 aliphatic rings. The molecule has 0 saturated carbocycles. The van der Waals surface area contributed by atoms with E-state index in [-0.39, 0.29) is 18.8 Å². The number of rotatable bonds is 21. The Balaban J connectivity index is 1.02. The number of methoxy groups -OCH3 is 2. The number of carbonyl (C=O) groups excluding carboxylic acids is 1. The summed E-state index contributed by atoms with van der Waals surface area (Å²) in [7, 11) is 1.99. The van der Waals surface area contributed by atoms with Gasteiger partial charge in [0.15, 0.2) is 0 Å². The van der Waals surface area contributed by atoms with Gasteiger partial charge in [-0.2, -0.15) is 4.98 Å². The number of nitrogens with one attached hydrogen (secondary N) is 1. The molecule has 3 heterocycles. The van der Waals surface area contributed by atoms with Crippen molar-refractivity contribution in [2.75, 3.05) is 31.9 Å². The molecule has 2 aromatic heterocycles. The van der Waals surface area contributed by atoms with Gasteiger partial charge in [-0.1, -0.05) is 172 Å². The highest BCUT2D eigenvalue weighted by Crippen LogP contribution is 2.61. The first-order valence-corrected chi connectivity index (χ1v) is 30.2. The summed E-state index contributed by atoms with van der Waals surface area (Å²) in [6.45, 7) is -0.0526. The van der Waals surface area contributed by atoms with Crippen LogP contribution in [0.15, 0.2) is 211 Å². The molecule has 9 aromatic rings. The van der Waals surface area contributed by atoms with Crippen LogP contribution in [-0.4, -0.2) is 78.2 Å². The fourth-order valence-corrected chi connectivity index (χ4v) is 17.2. The maximum Gasteiger partial charge on any atom is 0.351 e. The zero-order chi connectivity index (χ0) is 51.6. The number of aromatic nitrogens is 5. The number of anilines is 1. The van der Waals surface area contributed by atoms with Crippen molar-refractivity contribution in [1.82, 2.24) is 24.7 Å². The van der Waals surface area contributed by atoms with Gasteiger partial charge in [0, 0.05) is 23.9 Å². The average molecular weight is 1070 g/mol. The van der Waals surface area contributed by atoms with Gasteiger partial charge < -0.3 is 33.4 Å². The fourth-order valence-electron chi connectivity index (χ4n) is 9.13. The first-order chi connectivity index (χ1) is 36.7. The predicted octanol–water partition coefficient (Wildman–Crippen LogP) is 9.33. The van der Waals surface area contributed by atoms with Crippen LogP contribution in [0.1, 0.15) is 39.7 Å². The van der Waals surface area contributed by atoms with E-state index in [2.05, 4.69) is 69.1 Å². The lowest BCUT2D eigenvalue weighted by Gasteiger charge is -2.37. The topological polar surface area (TPSA) is 150 Å². The summed E-state index contributed by atoms with van der Waals surface area (Å²) < 4.78 is 41.0. The molecule has 0 aliphatic carbocycles. The van der Waals surface area contributed by atoms with Gasteiger partial charge in [-0.15, -0.1) is 5.10 Å². The van der Waals surface area contributed by atoms with E-state index >= 15 is 0 Å². The smallest absolute Gasteiger partial charge is 0.351 e. The molecule has 14 nitrogen and oxygen atoms in total. The van der Waals surface area contributed by atoms with Crippen molar-refractivity contribution in [3.8, 4) is 11.5 Å². The molecule has 1 saturated heterocycles. The van der Waals surface area contributed by atoms with Gasteiger partial charge in [0.05, 0.1) is 26.9 Å². The van der Waals surface area contributed by atoms with E-state index in [9.17, 15) is 9.59 Å². The average Bonchev–Trinajstić information content (AvgIpc) is 4.07. The van der Waals surface area contributed by atoms with Crippen molar-refractivity contribution >= 4 is 70.8 Å². The number of hydrogen-bond acceptors (Lipinski definition) is 13. The van der Waals surface area contributed by atoms with E-state index in [1.165, 1.54) is 31.2 Å². The second kappa shape index (κ2) is 23.6. The summed E-state index contributed by atoms with van der Waals surface area (Å²) in [6, 6.07) is 65.2. The summed E-state index contributed by atoms with van der Waals surface area (Å²) in [5, 5.41) is 14.1. The lowest BCUT2D eigenvalue weighted by atomic mass is 9.80. The van der Waals surface area contributed by atoms with Crippen molar-refractivity contribution in [3.05, 3.63) is 239 Å². The van der Waals surface area contributed by atoms with Gasteiger partial charge in [0.2, 0.25) is 0 Å². The Kier molecular flexibility index (Phi) is 16.1. The first-order valence-electron chi connectivity index (χ1n) is 24.2. The maximum absolute atomic E-state index is 14.1. The normalized spacial score (nSPS) is 16.3. The predicted molar refractivity (Wildman–Crippen MR) is 298 cm³/mol. The Morgan fingerprint density at radius 1 is 0.747 bits per heavy atom. The van der Waals surface area contributed by atoms with Gasteiger partial charge >= 0.3 is 11.4 Å². The van der Waals surface area contributed by atoms with Crippen molar-refractivity contribution in [3.63, 3.8) is 0 Å². The van der Waals surface area contributed by atoms with Gasteiger partial charge in [0.1, 0.15) is 55.1 Å². The van der Waals surface area contributed by atoms with E-state index in [0.29, 0.717) is 33.8 Å². The number of ether oxygens (including phenoxy) is 4. The van der Waals surface area contributed by atoms with Crippen LogP contribution in [0.3, 0.4) is 0 Å². The number of nitrogens with zero attached hydrogens (tertiary/aromatic N) is 5. The largest absolute Gasteiger partial charge is 0.497 e. The van der Waals surface area contributed by atoms with Crippen molar-refractivity contribution < 1.29 is 32.9 Å². The van der Waals surface area contributed by atoms with E-state index in [1.54, 1.807) is 50.7 Å². The standard InChI is InChI=1S/C57H52N6O8PS2Si/c1-66-45-31-27-43(28-32-45)57(42-19-9-4-10-20-42,44-29-33-46(67-2)34-30-44)68-40-52-51(39-54(69-52)62-36-35-53(59-56(62)65)58-55(64)41-17-7-3-8-18-41)70-72(73,71-63-50-26-16-15-25-49(50)60-61-63)74-37-38-75(47-21-11-5-12-22-47)48-23-13-6-14-24-48/h3-36,51-52,54H,37-40H2,1-2H3,(H,58,59,64,65)/t51-,52+,54+,72?/m0/s1. The molecule has 7 aromatic carbocycles. The zero-order valence-electron chi connectivity index (χ0n) is 41.0. The molecule has 75 heavy (non-hydrogen) atoms. The van der Waals surface area contributed by atoms with Gasteiger partial charge in [-0.05, 0) is 94.4 Å². The van der Waals surface area contributed by atoms with Crippen LogP contribution in [0, 0.1) is 0 Å². The summed E-state index contributed by atoms with van der Waals surface area (Å²) >= 11 is 8.05. The molecule has 1 aliphatic heterocycles. The molecule has 1 unspecified atom stereocenters. The molecule has 379 valence electrons. The van der Waals surface area contributed by atoms with Gasteiger partial charge in [-0.25, -0.2) is 4.79 Å². The molecule has 1 N–H and O–H groups in total. The molecule has 0 bridgehead atoms. The lowest BCUT2D eigenvalue weighted by Crippen LogP contribution is -2.42. The Bertz CT molecular complexity index is 3350. The zero-order valence-corrected chi connectivity index (χ0v) is 44.5. The Morgan fingerprint density at radius 2 is 1.31 bits per heavy atom. The Labute approximate surface area is 445 Å². The van der Waals surface area contributed by atoms with E-state index in [4.69, 9.17) is 39.9 Å². The van der Waals surface area contributed by atoms with E-state index in [1.807, 2.05) is 121 Å². The number of carbonyl (C=O) groups is 1. The molecular weight excluding hydrogens is 1020 g/mol. The van der Waals surface area contributed by atoms with Crippen LogP contribution in [0.25, 0.3) is 11.0 Å². The first kappa shape index (κ1) is 51.3. The van der Waals surface area contributed by atoms with E-state index in [0.717, 1.165) is 22.7 Å². The monoisotopic (exact) mass is 1070 g/mol. The number of amides is 1. The third-order valence-corrected chi connectivity index (χ3v) is 21.0. The number of hydrogen-bond donors (Lipinski definition) is 1. The van der Waals surface area contributed by atoms with Gasteiger partial charge in [-0.3, -0.25) is 9.36 Å². The van der Waals surface area contributed by atoms with Crippen LogP contribution >= 0.6 is 17.1 Å². The highest BCUT2D eigenvalue weighted by atomic mass is 32.9. The molecule has 1 amide bonds. The summed E-state index contributed by atoms with van der Waals surface area (Å²) in [5.41, 5.74) is -1.17. The highest BCUT2D eigenvalue weighted by molar-refractivity contribution is 8.68. The number of para-hydroxylation sites is 1. The van der Waals surface area contributed by atoms with Crippen molar-refractivity contribution in [2.45, 2.75) is 36.5 Å². The molecule has 1 radical (unpaired) electrons. The third-order valence-electron chi connectivity index (χ3n) is 12.8. The van der Waals surface area contributed by atoms with Crippen molar-refractivity contribution in [2.24, 2.45) is 0 Å². The highest BCUT2D eigenvalue weighted by Gasteiger charge is 2.45. The third kappa shape index (κ3) is 11.7. The molecule has 0 spiro atoms. The minimum atomic E-state index is -3.47. The van der Waals surface area contributed by atoms with Crippen molar-refractivity contribution in [1.29, 1.82) is 0 Å². The maximum atomic E-state index is 14.1. The molecular formula is C57H52N6O8PS2Si. The van der Waals surface area contributed by atoms with Crippen LogP contribution < -0.4 is 35.5 Å². The summed E-state index contributed by atoms with van der Waals surface area (Å²) in [6.07, 6.45) is -0.837. The lowest BCUT2D eigenvalue weighted by molar-refractivity contribution is -0.0915. The van der Waals surface area contributed by atoms with Crippen LogP contribution in [0.4, 0.5) is 5.82 Å². The van der Waals surface area contributed by atoms with E-state index < -0.39 is 50.1 Å². The van der Waals surface area contributed by atoms with Crippen LogP contribution in [-0.2, 0) is 31.4 Å². The molecule has 18 heteroatoms. The Morgan fingerprint density at radius 3 is 1.91 bits per heavy atom. The summed E-state index contributed by atoms with van der Waals surface area (Å²) in [5.74, 6) is 1.64. The fraction of sp³-hybridized carbons (Fsp3) is 0.175.